The Morgan fingerprint density at radius 1 is 1.15 bits per heavy atom. The number of rotatable bonds is 7. The zero-order valence-electron chi connectivity index (χ0n) is 12.7. The summed E-state index contributed by atoms with van der Waals surface area (Å²) in [6, 6.07) is 11.6. The summed E-state index contributed by atoms with van der Waals surface area (Å²) in [5.41, 5.74) is 2.67. The average molecular weight is 271 g/mol. The average Bonchev–Trinajstić information content (AvgIpc) is 2.92. The minimum absolute atomic E-state index is 0.467. The van der Waals surface area contributed by atoms with Gasteiger partial charge in [-0.1, -0.05) is 30.3 Å². The maximum atomic E-state index is 4.24. The van der Waals surface area contributed by atoms with E-state index in [4.69, 9.17) is 0 Å². The standard InChI is InChI=1S/C17H25N3/c1-14(2)20-13-18-11-17(20)12-19-15(3)9-10-16-7-5-4-6-8-16/h4-8,11,13-15,19H,9-10,12H2,1-3H3. The van der Waals surface area contributed by atoms with Gasteiger partial charge in [-0.3, -0.25) is 0 Å². The van der Waals surface area contributed by atoms with E-state index in [1.165, 1.54) is 11.3 Å². The van der Waals surface area contributed by atoms with E-state index in [1.54, 1.807) is 0 Å². The van der Waals surface area contributed by atoms with Crippen LogP contribution in [-0.2, 0) is 13.0 Å². The normalized spacial score (nSPS) is 12.8. The maximum Gasteiger partial charge on any atom is 0.0951 e. The van der Waals surface area contributed by atoms with Gasteiger partial charge < -0.3 is 9.88 Å². The molecule has 1 aromatic carbocycles. The van der Waals surface area contributed by atoms with Crippen LogP contribution in [0.25, 0.3) is 0 Å². The first-order valence-electron chi connectivity index (χ1n) is 7.45. The van der Waals surface area contributed by atoms with Gasteiger partial charge >= 0.3 is 0 Å². The van der Waals surface area contributed by atoms with Gasteiger partial charge in [-0.15, -0.1) is 0 Å². The number of benzene rings is 1. The summed E-state index contributed by atoms with van der Waals surface area (Å²) in [6.07, 6.45) is 6.14. The van der Waals surface area contributed by atoms with Crippen LogP contribution in [-0.4, -0.2) is 15.6 Å². The molecule has 0 radical (unpaired) electrons. The van der Waals surface area contributed by atoms with E-state index in [0.29, 0.717) is 12.1 Å². The highest BCUT2D eigenvalue weighted by molar-refractivity contribution is 5.14. The highest BCUT2D eigenvalue weighted by atomic mass is 15.1. The molecule has 0 fully saturated rings. The lowest BCUT2D eigenvalue weighted by Gasteiger charge is -2.16. The third-order valence-corrected chi connectivity index (χ3v) is 3.64. The molecule has 0 spiro atoms. The number of imidazole rings is 1. The van der Waals surface area contributed by atoms with Crippen LogP contribution in [0.4, 0.5) is 0 Å². The molecule has 3 heteroatoms. The summed E-state index contributed by atoms with van der Waals surface area (Å²) in [4.78, 5) is 4.24. The molecule has 2 aromatic rings. The van der Waals surface area contributed by atoms with Crippen LogP contribution in [0.2, 0.25) is 0 Å². The molecule has 0 amide bonds. The lowest BCUT2D eigenvalue weighted by Crippen LogP contribution is -2.27. The number of aromatic nitrogens is 2. The van der Waals surface area contributed by atoms with E-state index in [2.05, 4.69) is 66.0 Å². The second-order valence-electron chi connectivity index (χ2n) is 5.69. The van der Waals surface area contributed by atoms with Crippen molar-refractivity contribution in [2.45, 2.75) is 52.2 Å². The monoisotopic (exact) mass is 271 g/mol. The second kappa shape index (κ2) is 7.25. The SMILES string of the molecule is CC(CCc1ccccc1)NCc1cncn1C(C)C. The lowest BCUT2D eigenvalue weighted by atomic mass is 10.1. The minimum atomic E-state index is 0.467. The van der Waals surface area contributed by atoms with Gasteiger partial charge in [0, 0.05) is 24.8 Å². The van der Waals surface area contributed by atoms with Crippen LogP contribution >= 0.6 is 0 Å². The van der Waals surface area contributed by atoms with E-state index in [-0.39, 0.29) is 0 Å². The molecule has 3 nitrogen and oxygen atoms in total. The number of hydrogen-bond donors (Lipinski definition) is 1. The van der Waals surface area contributed by atoms with Gasteiger partial charge in [0.25, 0.3) is 0 Å². The quantitative estimate of drug-likeness (QED) is 0.834. The fourth-order valence-electron chi connectivity index (χ4n) is 2.34. The maximum absolute atomic E-state index is 4.24. The zero-order valence-corrected chi connectivity index (χ0v) is 12.7. The summed E-state index contributed by atoms with van der Waals surface area (Å²) in [5.74, 6) is 0. The van der Waals surface area contributed by atoms with Crippen LogP contribution in [0.5, 0.6) is 0 Å². The minimum Gasteiger partial charge on any atom is -0.331 e. The van der Waals surface area contributed by atoms with E-state index >= 15 is 0 Å². The van der Waals surface area contributed by atoms with Crippen molar-refractivity contribution in [1.29, 1.82) is 0 Å². The second-order valence-corrected chi connectivity index (χ2v) is 5.69. The topological polar surface area (TPSA) is 29.9 Å². The molecule has 0 bridgehead atoms. The Labute approximate surface area is 122 Å². The molecule has 20 heavy (non-hydrogen) atoms. The molecule has 1 unspecified atom stereocenters. The highest BCUT2D eigenvalue weighted by Gasteiger charge is 2.07. The summed E-state index contributed by atoms with van der Waals surface area (Å²) in [6.45, 7) is 7.50. The number of nitrogens with one attached hydrogen (secondary N) is 1. The van der Waals surface area contributed by atoms with Crippen LogP contribution in [0.1, 0.15) is 44.5 Å². The Morgan fingerprint density at radius 3 is 2.60 bits per heavy atom. The summed E-state index contributed by atoms with van der Waals surface area (Å²) in [5, 5.41) is 3.59. The molecular formula is C17H25N3. The molecule has 0 saturated carbocycles. The predicted molar refractivity (Wildman–Crippen MR) is 83.7 cm³/mol. The first-order valence-corrected chi connectivity index (χ1v) is 7.45. The molecular weight excluding hydrogens is 246 g/mol. The van der Waals surface area contributed by atoms with Crippen molar-refractivity contribution >= 4 is 0 Å². The molecule has 108 valence electrons. The molecule has 0 aliphatic heterocycles. The fraction of sp³-hybridized carbons (Fsp3) is 0.471. The van der Waals surface area contributed by atoms with Crippen molar-refractivity contribution in [2.75, 3.05) is 0 Å². The Bertz CT molecular complexity index is 502. The Balaban J connectivity index is 1.77. The molecule has 2 rings (SSSR count). The Hall–Kier alpha value is -1.61. The first kappa shape index (κ1) is 14.8. The van der Waals surface area contributed by atoms with Gasteiger partial charge in [0.05, 0.1) is 12.0 Å². The van der Waals surface area contributed by atoms with Gasteiger partial charge in [-0.05, 0) is 39.2 Å². The van der Waals surface area contributed by atoms with Crippen LogP contribution < -0.4 is 5.32 Å². The predicted octanol–water partition coefficient (Wildman–Crippen LogP) is 3.57. The van der Waals surface area contributed by atoms with Crippen LogP contribution in [0.3, 0.4) is 0 Å². The van der Waals surface area contributed by atoms with Crippen molar-refractivity contribution in [3.8, 4) is 0 Å². The third kappa shape index (κ3) is 4.20. The van der Waals surface area contributed by atoms with Crippen molar-refractivity contribution in [1.82, 2.24) is 14.9 Å². The van der Waals surface area contributed by atoms with Crippen molar-refractivity contribution in [3.05, 3.63) is 54.1 Å². The smallest absolute Gasteiger partial charge is 0.0951 e. The first-order chi connectivity index (χ1) is 9.66. The van der Waals surface area contributed by atoms with Gasteiger partial charge in [0.2, 0.25) is 0 Å². The molecule has 0 saturated heterocycles. The highest BCUT2D eigenvalue weighted by Crippen LogP contribution is 2.10. The summed E-state index contributed by atoms with van der Waals surface area (Å²) in [7, 11) is 0. The van der Waals surface area contributed by atoms with Gasteiger partial charge in [0.15, 0.2) is 0 Å². The van der Waals surface area contributed by atoms with Crippen molar-refractivity contribution < 1.29 is 0 Å². The largest absolute Gasteiger partial charge is 0.331 e. The van der Waals surface area contributed by atoms with E-state index in [1.807, 2.05) is 12.5 Å². The Kier molecular flexibility index (Phi) is 5.36. The molecule has 0 aliphatic carbocycles. The molecule has 1 aromatic heterocycles. The lowest BCUT2D eigenvalue weighted by molar-refractivity contribution is 0.486. The van der Waals surface area contributed by atoms with Gasteiger partial charge in [-0.25, -0.2) is 4.98 Å². The summed E-state index contributed by atoms with van der Waals surface area (Å²) < 4.78 is 2.22. The summed E-state index contributed by atoms with van der Waals surface area (Å²) >= 11 is 0. The molecule has 1 N–H and O–H groups in total. The van der Waals surface area contributed by atoms with E-state index in [0.717, 1.165) is 19.4 Å². The molecule has 1 atom stereocenters. The van der Waals surface area contributed by atoms with Crippen molar-refractivity contribution in [3.63, 3.8) is 0 Å². The van der Waals surface area contributed by atoms with E-state index in [9.17, 15) is 0 Å². The fourth-order valence-corrected chi connectivity index (χ4v) is 2.34. The van der Waals surface area contributed by atoms with Gasteiger partial charge in [0.1, 0.15) is 0 Å². The zero-order chi connectivity index (χ0) is 14.4. The van der Waals surface area contributed by atoms with Crippen molar-refractivity contribution in [2.24, 2.45) is 0 Å². The number of aryl methyl sites for hydroxylation is 1. The molecule has 0 aliphatic rings. The van der Waals surface area contributed by atoms with Crippen LogP contribution in [0.15, 0.2) is 42.9 Å². The number of nitrogens with zero attached hydrogens (tertiary/aromatic N) is 2. The number of hydrogen-bond acceptors (Lipinski definition) is 2. The van der Waals surface area contributed by atoms with Crippen LogP contribution in [0, 0.1) is 0 Å². The third-order valence-electron chi connectivity index (χ3n) is 3.64. The Morgan fingerprint density at radius 2 is 1.90 bits per heavy atom. The van der Waals surface area contributed by atoms with E-state index < -0.39 is 0 Å². The molecule has 1 heterocycles. The van der Waals surface area contributed by atoms with Gasteiger partial charge in [-0.2, -0.15) is 0 Å².